The molecule has 4 aromatic rings. The molecule has 0 amide bonds. The molecule has 0 saturated carbocycles. The summed E-state index contributed by atoms with van der Waals surface area (Å²) < 4.78 is 19.0. The van der Waals surface area contributed by atoms with E-state index < -0.39 is 12.0 Å². The van der Waals surface area contributed by atoms with Crippen LogP contribution in [0.5, 0.6) is 11.5 Å². The van der Waals surface area contributed by atoms with Gasteiger partial charge in [0, 0.05) is 0 Å². The first-order valence-electron chi connectivity index (χ1n) is 13.1. The lowest BCUT2D eigenvalue weighted by molar-refractivity contribution is -0.139. The number of fused-ring (bicyclic) bond motifs is 1. The second-order valence-electron chi connectivity index (χ2n) is 9.29. The van der Waals surface area contributed by atoms with E-state index in [1.54, 1.807) is 18.4 Å². The monoisotopic (exact) mass is 554 g/mol. The normalized spacial score (nSPS) is 14.9. The van der Waals surface area contributed by atoms with Crippen LogP contribution in [-0.2, 0) is 9.53 Å². The van der Waals surface area contributed by atoms with Crippen molar-refractivity contribution in [3.8, 4) is 11.5 Å². The van der Waals surface area contributed by atoms with Gasteiger partial charge in [-0.15, -0.1) is 0 Å². The van der Waals surface area contributed by atoms with Crippen molar-refractivity contribution in [2.24, 2.45) is 4.99 Å². The number of aromatic nitrogens is 1. The Morgan fingerprint density at radius 2 is 1.55 bits per heavy atom. The van der Waals surface area contributed by atoms with Crippen LogP contribution in [0.15, 0.2) is 99.9 Å². The van der Waals surface area contributed by atoms with Crippen molar-refractivity contribution in [2.75, 3.05) is 19.8 Å². The molecule has 0 saturated heterocycles. The van der Waals surface area contributed by atoms with Crippen molar-refractivity contribution in [3.63, 3.8) is 0 Å². The third kappa shape index (κ3) is 5.92. The number of aryl methyl sites for hydroxylation is 1. The lowest BCUT2D eigenvalue weighted by Gasteiger charge is -2.24. The largest absolute Gasteiger partial charge is 0.490 e. The summed E-state index contributed by atoms with van der Waals surface area (Å²) in [6.45, 7) is 6.66. The van der Waals surface area contributed by atoms with Crippen molar-refractivity contribution in [3.05, 3.63) is 127 Å². The van der Waals surface area contributed by atoms with Crippen LogP contribution >= 0.6 is 11.3 Å². The van der Waals surface area contributed by atoms with E-state index in [9.17, 15) is 9.59 Å². The van der Waals surface area contributed by atoms with Gasteiger partial charge in [0.2, 0.25) is 0 Å². The predicted molar refractivity (Wildman–Crippen MR) is 155 cm³/mol. The van der Waals surface area contributed by atoms with Crippen LogP contribution in [0.3, 0.4) is 0 Å². The lowest BCUT2D eigenvalue weighted by atomic mass is 9.96. The van der Waals surface area contributed by atoms with E-state index in [1.807, 2.05) is 91.9 Å². The Kier molecular flexibility index (Phi) is 8.26. The smallest absolute Gasteiger partial charge is 0.338 e. The van der Waals surface area contributed by atoms with Gasteiger partial charge in [-0.1, -0.05) is 71.5 Å². The van der Waals surface area contributed by atoms with Crippen molar-refractivity contribution < 1.29 is 19.0 Å². The Balaban J connectivity index is 1.37. The van der Waals surface area contributed by atoms with Crippen molar-refractivity contribution >= 4 is 23.4 Å². The Hall–Kier alpha value is -4.43. The van der Waals surface area contributed by atoms with Gasteiger partial charge in [0.1, 0.15) is 24.7 Å². The molecule has 204 valence electrons. The minimum atomic E-state index is -0.614. The molecule has 0 radical (unpaired) electrons. The van der Waals surface area contributed by atoms with Crippen LogP contribution in [0.4, 0.5) is 0 Å². The summed E-state index contributed by atoms with van der Waals surface area (Å²) in [6.07, 6.45) is 1.83. The molecule has 0 spiro atoms. The van der Waals surface area contributed by atoms with E-state index >= 15 is 0 Å². The average molecular weight is 555 g/mol. The number of thiazole rings is 1. The molecule has 1 aliphatic heterocycles. The first-order chi connectivity index (χ1) is 19.4. The molecule has 0 bridgehead atoms. The highest BCUT2D eigenvalue weighted by molar-refractivity contribution is 7.07. The number of carbonyl (C=O) groups is 1. The fraction of sp³-hybridized carbons (Fsp3) is 0.219. The molecule has 3 aromatic carbocycles. The fourth-order valence-corrected chi connectivity index (χ4v) is 5.55. The third-order valence-electron chi connectivity index (χ3n) is 6.45. The molecule has 1 atom stereocenters. The van der Waals surface area contributed by atoms with E-state index in [2.05, 4.69) is 4.99 Å². The van der Waals surface area contributed by atoms with Gasteiger partial charge in [-0.25, -0.2) is 9.79 Å². The van der Waals surface area contributed by atoms with Crippen molar-refractivity contribution in [1.29, 1.82) is 0 Å². The number of hydrogen-bond acceptors (Lipinski definition) is 7. The van der Waals surface area contributed by atoms with Gasteiger partial charge in [0.05, 0.1) is 28.5 Å². The summed E-state index contributed by atoms with van der Waals surface area (Å²) in [7, 11) is 0. The first kappa shape index (κ1) is 27.1. The van der Waals surface area contributed by atoms with Gasteiger partial charge >= 0.3 is 5.97 Å². The Bertz CT molecular complexity index is 1700. The highest BCUT2D eigenvalue weighted by Crippen LogP contribution is 2.30. The summed E-state index contributed by atoms with van der Waals surface area (Å²) in [5.74, 6) is 1.06. The molecular formula is C32H30N2O5S. The molecule has 1 aromatic heterocycles. The zero-order valence-electron chi connectivity index (χ0n) is 22.6. The Morgan fingerprint density at radius 3 is 2.17 bits per heavy atom. The number of esters is 1. The Labute approximate surface area is 236 Å². The van der Waals surface area contributed by atoms with Crippen LogP contribution in [0, 0.1) is 6.92 Å². The minimum Gasteiger partial charge on any atom is -0.490 e. The summed E-state index contributed by atoms with van der Waals surface area (Å²) in [5.41, 5.74) is 3.57. The average Bonchev–Trinajstić information content (AvgIpc) is 3.26. The van der Waals surface area contributed by atoms with Crippen LogP contribution < -0.4 is 24.4 Å². The van der Waals surface area contributed by atoms with E-state index in [4.69, 9.17) is 14.2 Å². The molecule has 8 heteroatoms. The van der Waals surface area contributed by atoms with E-state index in [0.717, 1.165) is 16.9 Å². The van der Waals surface area contributed by atoms with Crippen LogP contribution in [0.25, 0.3) is 6.08 Å². The SMILES string of the molecule is CCOC(=O)C1=C(C)N=c2s/c(=C/c3ccc(OCCOc4ccc(C)cc4)cc3)c(=O)n2C1c1ccccc1. The molecule has 40 heavy (non-hydrogen) atoms. The summed E-state index contributed by atoms with van der Waals surface area (Å²) >= 11 is 1.30. The standard InChI is InChI=1S/C32H30N2O5S/c1-4-37-31(36)28-22(3)33-32-34(29(28)24-8-6-5-7-9-24)30(35)27(40-32)20-23-12-16-26(17-13-23)39-19-18-38-25-14-10-21(2)11-15-25/h5-17,20,29H,4,18-19H2,1-3H3/b27-20+. The number of rotatable bonds is 9. The topological polar surface area (TPSA) is 79.1 Å². The van der Waals surface area contributed by atoms with Crippen LogP contribution in [0.2, 0.25) is 0 Å². The summed E-state index contributed by atoms with van der Waals surface area (Å²) in [4.78, 5) is 31.8. The van der Waals surface area contributed by atoms with Gasteiger partial charge in [0.25, 0.3) is 5.56 Å². The molecule has 0 aliphatic carbocycles. The molecule has 0 fully saturated rings. The number of nitrogens with zero attached hydrogens (tertiary/aromatic N) is 2. The maximum absolute atomic E-state index is 13.7. The summed E-state index contributed by atoms with van der Waals surface area (Å²) in [5, 5.41) is 0. The van der Waals surface area contributed by atoms with Crippen LogP contribution in [-0.4, -0.2) is 30.4 Å². The maximum atomic E-state index is 13.7. The van der Waals surface area contributed by atoms with E-state index in [1.165, 1.54) is 16.9 Å². The molecule has 0 N–H and O–H groups in total. The zero-order valence-corrected chi connectivity index (χ0v) is 23.4. The number of ether oxygens (including phenoxy) is 3. The summed E-state index contributed by atoms with van der Waals surface area (Å²) in [6, 6.07) is 24.3. The second kappa shape index (κ2) is 12.2. The Morgan fingerprint density at radius 1 is 0.925 bits per heavy atom. The van der Waals surface area contributed by atoms with Crippen molar-refractivity contribution in [2.45, 2.75) is 26.8 Å². The highest BCUT2D eigenvalue weighted by Gasteiger charge is 2.33. The molecule has 2 heterocycles. The highest BCUT2D eigenvalue weighted by atomic mass is 32.1. The quantitative estimate of drug-likeness (QED) is 0.224. The number of allylic oxidation sites excluding steroid dienone is 1. The van der Waals surface area contributed by atoms with Gasteiger partial charge in [0.15, 0.2) is 4.80 Å². The van der Waals surface area contributed by atoms with Gasteiger partial charge < -0.3 is 14.2 Å². The molecule has 7 nitrogen and oxygen atoms in total. The van der Waals surface area contributed by atoms with E-state index in [0.29, 0.717) is 39.6 Å². The number of benzene rings is 3. The van der Waals surface area contributed by atoms with E-state index in [-0.39, 0.29) is 12.2 Å². The zero-order chi connectivity index (χ0) is 28.1. The van der Waals surface area contributed by atoms with Gasteiger partial charge in [-0.2, -0.15) is 0 Å². The molecule has 1 unspecified atom stereocenters. The van der Waals surface area contributed by atoms with Gasteiger partial charge in [-0.3, -0.25) is 9.36 Å². The molecule has 1 aliphatic rings. The number of hydrogen-bond donors (Lipinski definition) is 0. The molecule has 5 rings (SSSR count). The predicted octanol–water partition coefficient (Wildman–Crippen LogP) is 4.56. The van der Waals surface area contributed by atoms with Crippen molar-refractivity contribution in [1.82, 2.24) is 4.57 Å². The molecular weight excluding hydrogens is 524 g/mol. The third-order valence-corrected chi connectivity index (χ3v) is 7.43. The number of carbonyl (C=O) groups excluding carboxylic acids is 1. The van der Waals surface area contributed by atoms with Crippen LogP contribution in [0.1, 0.15) is 36.6 Å². The van der Waals surface area contributed by atoms with Gasteiger partial charge in [-0.05, 0) is 62.2 Å². The fourth-order valence-electron chi connectivity index (χ4n) is 4.51. The maximum Gasteiger partial charge on any atom is 0.338 e. The second-order valence-corrected chi connectivity index (χ2v) is 10.3. The lowest BCUT2D eigenvalue weighted by Crippen LogP contribution is -2.39. The first-order valence-corrected chi connectivity index (χ1v) is 13.9. The minimum absolute atomic E-state index is 0.208.